The van der Waals surface area contributed by atoms with Gasteiger partial charge < -0.3 is 0 Å². The van der Waals surface area contributed by atoms with Crippen molar-refractivity contribution in [1.29, 1.82) is 0 Å². The third-order valence-corrected chi connectivity index (χ3v) is 11.6. The van der Waals surface area contributed by atoms with Crippen LogP contribution in [-0.2, 0) is 0 Å². The van der Waals surface area contributed by atoms with Gasteiger partial charge in [0.25, 0.3) is 0 Å². The standard InChI is InChI=1S/C52H34N2S/c1-5-15-35(16-6-1)37-27-29-38(30-28-37)44-23-13-25-46-47-26-14-24-45(51(47)55-50(44)46)42-31-41(36-17-7-2-8-18-36)32-43(33-42)52-53-48(39-19-9-3-10-20-39)34-49(54-52)40-21-11-4-12-22-40/h1-34H. The van der Waals surface area contributed by atoms with E-state index in [0.29, 0.717) is 5.82 Å². The van der Waals surface area contributed by atoms with E-state index in [1.54, 1.807) is 0 Å². The molecule has 0 unspecified atom stereocenters. The lowest BCUT2D eigenvalue weighted by Crippen LogP contribution is -1.97. The largest absolute Gasteiger partial charge is 0.228 e. The predicted molar refractivity (Wildman–Crippen MR) is 233 cm³/mol. The molecule has 8 aromatic carbocycles. The third kappa shape index (κ3) is 6.31. The van der Waals surface area contributed by atoms with Crippen LogP contribution in [0, 0.1) is 0 Å². The van der Waals surface area contributed by atoms with Gasteiger partial charge in [-0.25, -0.2) is 9.97 Å². The second-order valence-corrected chi connectivity index (χ2v) is 14.8. The van der Waals surface area contributed by atoms with Gasteiger partial charge in [-0.3, -0.25) is 0 Å². The maximum atomic E-state index is 5.23. The summed E-state index contributed by atoms with van der Waals surface area (Å²) in [5.41, 5.74) is 14.4. The zero-order valence-corrected chi connectivity index (χ0v) is 30.7. The highest BCUT2D eigenvalue weighted by molar-refractivity contribution is 7.26. The van der Waals surface area contributed by atoms with Crippen molar-refractivity contribution >= 4 is 31.5 Å². The van der Waals surface area contributed by atoms with Crippen LogP contribution in [0.1, 0.15) is 0 Å². The van der Waals surface area contributed by atoms with E-state index in [4.69, 9.17) is 9.97 Å². The fourth-order valence-corrected chi connectivity index (χ4v) is 8.92. The molecule has 0 aliphatic heterocycles. The van der Waals surface area contributed by atoms with Gasteiger partial charge in [0, 0.05) is 36.9 Å². The van der Waals surface area contributed by atoms with E-state index in [-0.39, 0.29) is 0 Å². The predicted octanol–water partition coefficient (Wildman–Crippen LogP) is 14.5. The topological polar surface area (TPSA) is 25.8 Å². The molecule has 55 heavy (non-hydrogen) atoms. The molecule has 10 aromatic rings. The van der Waals surface area contributed by atoms with Gasteiger partial charge in [0.2, 0.25) is 0 Å². The molecule has 2 aromatic heterocycles. The first-order chi connectivity index (χ1) is 27.2. The van der Waals surface area contributed by atoms with Crippen molar-refractivity contribution in [3.63, 3.8) is 0 Å². The Morgan fingerprint density at radius 2 is 0.673 bits per heavy atom. The Morgan fingerprint density at radius 1 is 0.273 bits per heavy atom. The fourth-order valence-electron chi connectivity index (χ4n) is 7.55. The van der Waals surface area contributed by atoms with Crippen molar-refractivity contribution in [2.75, 3.05) is 0 Å². The molecule has 10 rings (SSSR count). The number of thiophene rings is 1. The summed E-state index contributed by atoms with van der Waals surface area (Å²) in [5, 5.41) is 2.54. The Labute approximate surface area is 324 Å². The number of benzene rings is 8. The van der Waals surface area contributed by atoms with Gasteiger partial charge in [-0.15, -0.1) is 11.3 Å². The molecule has 0 atom stereocenters. The average molecular weight is 719 g/mol. The second kappa shape index (κ2) is 14.1. The van der Waals surface area contributed by atoms with Crippen LogP contribution in [0.3, 0.4) is 0 Å². The molecule has 0 spiro atoms. The summed E-state index contributed by atoms with van der Waals surface area (Å²) in [6.07, 6.45) is 0. The lowest BCUT2D eigenvalue weighted by atomic mass is 9.94. The summed E-state index contributed by atoms with van der Waals surface area (Å²) in [6, 6.07) is 73.3. The number of hydrogen-bond donors (Lipinski definition) is 0. The minimum atomic E-state index is 0.698. The molecule has 0 N–H and O–H groups in total. The van der Waals surface area contributed by atoms with E-state index in [1.807, 2.05) is 23.5 Å². The number of aromatic nitrogens is 2. The molecule has 0 saturated heterocycles. The summed E-state index contributed by atoms with van der Waals surface area (Å²) in [5.74, 6) is 0.698. The summed E-state index contributed by atoms with van der Waals surface area (Å²) >= 11 is 1.88. The van der Waals surface area contributed by atoms with Crippen molar-refractivity contribution in [3.05, 3.63) is 206 Å². The Bertz CT molecular complexity index is 2880. The van der Waals surface area contributed by atoms with Crippen LogP contribution in [0.5, 0.6) is 0 Å². The second-order valence-electron chi connectivity index (χ2n) is 13.8. The lowest BCUT2D eigenvalue weighted by Gasteiger charge is -2.13. The lowest BCUT2D eigenvalue weighted by molar-refractivity contribution is 1.18. The molecule has 2 heterocycles. The first-order valence-corrected chi connectivity index (χ1v) is 19.4. The highest BCUT2D eigenvalue weighted by Crippen LogP contribution is 2.45. The SMILES string of the molecule is c1ccc(-c2ccc(-c3cccc4c3sc3c(-c5cc(-c6ccccc6)cc(-c6nc(-c7ccccc7)cc(-c7ccccc7)n6)c5)cccc34)cc2)cc1. The molecule has 0 amide bonds. The van der Waals surface area contributed by atoms with Crippen LogP contribution in [0.4, 0.5) is 0 Å². The molecule has 0 aliphatic rings. The maximum absolute atomic E-state index is 5.23. The van der Waals surface area contributed by atoms with E-state index >= 15 is 0 Å². The monoisotopic (exact) mass is 718 g/mol. The number of nitrogens with zero attached hydrogens (tertiary/aromatic N) is 2. The highest BCUT2D eigenvalue weighted by atomic mass is 32.1. The van der Waals surface area contributed by atoms with Crippen LogP contribution >= 0.6 is 11.3 Å². The molecular formula is C52H34N2S. The fraction of sp³-hybridized carbons (Fsp3) is 0. The van der Waals surface area contributed by atoms with Gasteiger partial charge in [0.1, 0.15) is 0 Å². The van der Waals surface area contributed by atoms with E-state index in [0.717, 1.165) is 44.8 Å². The molecule has 2 nitrogen and oxygen atoms in total. The number of rotatable bonds is 7. The maximum Gasteiger partial charge on any atom is 0.160 e. The van der Waals surface area contributed by atoms with Crippen molar-refractivity contribution in [1.82, 2.24) is 9.97 Å². The number of hydrogen-bond acceptors (Lipinski definition) is 3. The minimum absolute atomic E-state index is 0.698. The van der Waals surface area contributed by atoms with Gasteiger partial charge in [-0.05, 0) is 68.8 Å². The van der Waals surface area contributed by atoms with Crippen molar-refractivity contribution in [3.8, 4) is 78.4 Å². The normalized spacial score (nSPS) is 11.3. The van der Waals surface area contributed by atoms with E-state index in [2.05, 4.69) is 194 Å². The molecular weight excluding hydrogens is 685 g/mol. The van der Waals surface area contributed by atoms with Crippen molar-refractivity contribution in [2.24, 2.45) is 0 Å². The van der Waals surface area contributed by atoms with E-state index in [1.165, 1.54) is 48.0 Å². The smallest absolute Gasteiger partial charge is 0.160 e. The minimum Gasteiger partial charge on any atom is -0.228 e. The summed E-state index contributed by atoms with van der Waals surface area (Å²) in [4.78, 5) is 10.5. The van der Waals surface area contributed by atoms with Gasteiger partial charge in [-0.2, -0.15) is 0 Å². The molecule has 0 bridgehead atoms. The first kappa shape index (κ1) is 32.7. The Balaban J connectivity index is 1.15. The molecule has 0 fully saturated rings. The van der Waals surface area contributed by atoms with Gasteiger partial charge >= 0.3 is 0 Å². The quantitative estimate of drug-likeness (QED) is 0.164. The van der Waals surface area contributed by atoms with Gasteiger partial charge in [0.15, 0.2) is 5.82 Å². The van der Waals surface area contributed by atoms with Crippen LogP contribution in [0.25, 0.3) is 98.6 Å². The molecule has 258 valence electrons. The third-order valence-electron chi connectivity index (χ3n) is 10.3. The number of fused-ring (bicyclic) bond motifs is 3. The van der Waals surface area contributed by atoms with Crippen LogP contribution in [-0.4, -0.2) is 9.97 Å². The van der Waals surface area contributed by atoms with Crippen LogP contribution in [0.15, 0.2) is 206 Å². The highest BCUT2D eigenvalue weighted by Gasteiger charge is 2.17. The summed E-state index contributed by atoms with van der Waals surface area (Å²) in [7, 11) is 0. The van der Waals surface area contributed by atoms with Crippen molar-refractivity contribution in [2.45, 2.75) is 0 Å². The zero-order chi connectivity index (χ0) is 36.6. The Hall–Kier alpha value is -6.94. The van der Waals surface area contributed by atoms with Crippen LogP contribution < -0.4 is 0 Å². The van der Waals surface area contributed by atoms with Crippen molar-refractivity contribution < 1.29 is 0 Å². The molecule has 0 aliphatic carbocycles. The van der Waals surface area contributed by atoms with Gasteiger partial charge in [0.05, 0.1) is 11.4 Å². The Morgan fingerprint density at radius 3 is 1.20 bits per heavy atom. The van der Waals surface area contributed by atoms with Crippen LogP contribution in [0.2, 0.25) is 0 Å². The van der Waals surface area contributed by atoms with E-state index in [9.17, 15) is 0 Å². The molecule has 0 saturated carbocycles. The molecule has 3 heteroatoms. The molecule has 0 radical (unpaired) electrons. The Kier molecular flexibility index (Phi) is 8.40. The van der Waals surface area contributed by atoms with E-state index < -0.39 is 0 Å². The zero-order valence-electron chi connectivity index (χ0n) is 29.9. The summed E-state index contributed by atoms with van der Waals surface area (Å²) < 4.78 is 2.56. The average Bonchev–Trinajstić information content (AvgIpc) is 3.67. The first-order valence-electron chi connectivity index (χ1n) is 18.6. The van der Waals surface area contributed by atoms with Gasteiger partial charge in [-0.1, -0.05) is 182 Å². The summed E-state index contributed by atoms with van der Waals surface area (Å²) in [6.45, 7) is 0.